The first-order valence-corrected chi connectivity index (χ1v) is 21.7. The second-order valence-electron chi connectivity index (χ2n) is 18.5. The molecule has 3 aliphatic rings. The number of alkyl halides is 1. The van der Waals surface area contributed by atoms with Crippen molar-refractivity contribution in [3.8, 4) is 11.3 Å². The van der Waals surface area contributed by atoms with Crippen LogP contribution in [0.1, 0.15) is 87.5 Å². The maximum Gasteiger partial charge on any atom is 0.410 e. The number of ether oxygens (including phenoxy) is 5. The number of methoxy groups -OCH3 is 1. The number of nitrogens with two attached hydrogens (primary N) is 1. The lowest BCUT2D eigenvalue weighted by molar-refractivity contribution is -0.295. The van der Waals surface area contributed by atoms with Crippen LogP contribution in [0.5, 0.6) is 0 Å². The highest BCUT2D eigenvalue weighted by atomic mass is 19.1. The number of fused-ring (bicyclic) bond motifs is 1. The number of aromatic nitrogens is 3. The number of hydrogen-bond acceptors (Lipinski definition) is 14. The molecule has 3 aliphatic heterocycles. The number of nitrogen functional groups attached to an aromatic ring is 1. The predicted molar refractivity (Wildman–Crippen MR) is 227 cm³/mol. The summed E-state index contributed by atoms with van der Waals surface area (Å²) in [6, 6.07) is 6.14. The van der Waals surface area contributed by atoms with Gasteiger partial charge in [0.1, 0.15) is 17.9 Å². The highest BCUT2D eigenvalue weighted by Gasteiger charge is 2.61. The summed E-state index contributed by atoms with van der Waals surface area (Å²) >= 11 is 0. The maximum absolute atomic E-state index is 17.0. The summed E-state index contributed by atoms with van der Waals surface area (Å²) in [5.74, 6) is -3.84. The van der Waals surface area contributed by atoms with Crippen LogP contribution in [0.3, 0.4) is 0 Å². The SMILES string of the molecule is CC[C@H]1OC(=O)C(C)(F)C(=O)[C@@H](C)[C@@H](O[C@@H]2OC(C)CC(N(C)C)C2O)[C@](C)(OC)C[C@@H](C)CN(C)[C@H](C)[C@H]2N(CCCCn3cc(-c4cccc(N)c4)nn3)C(=O)O[C@]12C. The highest BCUT2D eigenvalue weighted by Crippen LogP contribution is 2.42. The first-order chi connectivity index (χ1) is 28.6. The Morgan fingerprint density at radius 2 is 1.77 bits per heavy atom. The van der Waals surface area contributed by atoms with Gasteiger partial charge in [0.15, 0.2) is 17.7 Å². The van der Waals surface area contributed by atoms with E-state index < -0.39 is 71.3 Å². The lowest BCUT2D eigenvalue weighted by Gasteiger charge is -2.47. The zero-order chi connectivity index (χ0) is 45.2. The standard InChI is InChI=1S/C44H70FN7O9/c1-13-34-44(8)36(52(41(56)61-44)20-15-14-19-51-25-32(47-48-51)30-17-16-18-31(46)22-30)29(5)50(11)24-26(2)23-42(6,57-12)38(28(4)37(54)43(7,45)40(55)59-34)60-39-35(53)33(49(9)10)21-27(3)58-39/h16-18,22,25-29,33-36,38-39,53H,13-15,19-21,23-24,46H2,1-12H3/t26-,27?,28-,29-,33?,34-,35?,36-,38-,39+,42-,43?,44-/m1/s1. The van der Waals surface area contributed by atoms with Crippen LogP contribution in [0.4, 0.5) is 14.9 Å². The number of anilines is 1. The number of aliphatic hydroxyl groups is 1. The average molecular weight is 860 g/mol. The number of esters is 1. The molecule has 0 radical (unpaired) electrons. The summed E-state index contributed by atoms with van der Waals surface area (Å²) in [5.41, 5.74) is 2.38. The molecule has 0 aliphatic carbocycles. The number of amides is 1. The van der Waals surface area contributed by atoms with Crippen LogP contribution in [-0.4, -0.2) is 160 Å². The van der Waals surface area contributed by atoms with Crippen molar-refractivity contribution >= 4 is 23.5 Å². The van der Waals surface area contributed by atoms with Gasteiger partial charge >= 0.3 is 12.1 Å². The molecule has 3 fully saturated rings. The van der Waals surface area contributed by atoms with Crippen LogP contribution in [0.25, 0.3) is 11.3 Å². The molecule has 4 unspecified atom stereocenters. The predicted octanol–water partition coefficient (Wildman–Crippen LogP) is 4.72. The first kappa shape index (κ1) is 48.3. The lowest BCUT2D eigenvalue weighted by atomic mass is 9.77. The molecule has 1 amide bonds. The van der Waals surface area contributed by atoms with Crippen molar-refractivity contribution in [1.82, 2.24) is 29.7 Å². The third kappa shape index (κ3) is 10.2. The van der Waals surface area contributed by atoms with E-state index >= 15 is 4.39 Å². The van der Waals surface area contributed by atoms with Crippen molar-refractivity contribution in [2.45, 2.75) is 160 Å². The van der Waals surface area contributed by atoms with E-state index in [9.17, 15) is 19.5 Å². The number of ketones is 1. The van der Waals surface area contributed by atoms with Crippen molar-refractivity contribution in [1.29, 1.82) is 0 Å². The fourth-order valence-electron chi connectivity index (χ4n) is 9.82. The van der Waals surface area contributed by atoms with Gasteiger partial charge in [-0.2, -0.15) is 0 Å². The lowest BCUT2D eigenvalue weighted by Crippen LogP contribution is -2.61. The molecule has 13 atom stereocenters. The van der Waals surface area contributed by atoms with Crippen LogP contribution >= 0.6 is 0 Å². The fourth-order valence-corrected chi connectivity index (χ4v) is 9.82. The van der Waals surface area contributed by atoms with Crippen molar-refractivity contribution in [3.63, 3.8) is 0 Å². The van der Waals surface area contributed by atoms with Gasteiger partial charge in [0, 0.05) is 56.0 Å². The van der Waals surface area contributed by atoms with Gasteiger partial charge in [-0.15, -0.1) is 5.10 Å². The van der Waals surface area contributed by atoms with Gasteiger partial charge in [-0.3, -0.25) is 14.4 Å². The number of hydrogen-bond donors (Lipinski definition) is 2. The van der Waals surface area contributed by atoms with E-state index in [0.29, 0.717) is 56.7 Å². The second kappa shape index (κ2) is 19.3. The number of rotatable bonds is 11. The zero-order valence-electron chi connectivity index (χ0n) is 38.2. The Kier molecular flexibility index (Phi) is 15.3. The second-order valence-corrected chi connectivity index (χ2v) is 18.5. The van der Waals surface area contributed by atoms with Crippen molar-refractivity contribution in [2.75, 3.05) is 47.1 Å². The monoisotopic (exact) mass is 860 g/mol. The number of likely N-dealkylation sites (N-methyl/N-ethyl adjacent to an activating group) is 2. The maximum atomic E-state index is 17.0. The Morgan fingerprint density at radius 3 is 2.41 bits per heavy atom. The van der Waals surface area contributed by atoms with Gasteiger partial charge in [0.25, 0.3) is 5.67 Å². The Hall–Kier alpha value is -3.74. The number of aryl methyl sites for hydroxylation is 1. The number of Topliss-reactive ketones (excluding diaryl/α,β-unsaturated/α-hetero) is 1. The van der Waals surface area contributed by atoms with Gasteiger partial charge in [-0.25, -0.2) is 14.0 Å². The molecule has 0 saturated carbocycles. The summed E-state index contributed by atoms with van der Waals surface area (Å²) in [4.78, 5) is 48.0. The van der Waals surface area contributed by atoms with Gasteiger partial charge in [0.2, 0.25) is 0 Å². The van der Waals surface area contributed by atoms with E-state index in [0.717, 1.165) is 12.5 Å². The molecule has 61 heavy (non-hydrogen) atoms. The number of nitrogens with zero attached hydrogens (tertiary/aromatic N) is 6. The minimum Gasteiger partial charge on any atom is -0.455 e. The van der Waals surface area contributed by atoms with E-state index in [-0.39, 0.29) is 30.5 Å². The Labute approximate surface area is 360 Å². The van der Waals surface area contributed by atoms with E-state index in [2.05, 4.69) is 22.1 Å². The fraction of sp³-hybridized carbons (Fsp3) is 0.750. The zero-order valence-corrected chi connectivity index (χ0v) is 38.2. The molecule has 3 saturated heterocycles. The molecule has 4 heterocycles. The average Bonchev–Trinajstić information content (AvgIpc) is 3.78. The van der Waals surface area contributed by atoms with Gasteiger partial charge in [-0.05, 0) is 106 Å². The van der Waals surface area contributed by atoms with Crippen LogP contribution in [0.15, 0.2) is 30.5 Å². The molecule has 0 spiro atoms. The van der Waals surface area contributed by atoms with Gasteiger partial charge in [0.05, 0.1) is 30.0 Å². The number of halogens is 1. The van der Waals surface area contributed by atoms with Crippen molar-refractivity contribution in [3.05, 3.63) is 30.5 Å². The number of benzene rings is 1. The van der Waals surface area contributed by atoms with E-state index in [1.165, 1.54) is 14.0 Å². The van der Waals surface area contributed by atoms with Crippen molar-refractivity contribution < 1.29 is 47.6 Å². The van der Waals surface area contributed by atoms with Crippen LogP contribution in [0.2, 0.25) is 0 Å². The number of cyclic esters (lactones) is 1. The van der Waals surface area contributed by atoms with E-state index in [1.54, 1.807) is 30.4 Å². The molecule has 17 heteroatoms. The molecule has 5 rings (SSSR count). The molecular weight excluding hydrogens is 790 g/mol. The Bertz CT molecular complexity index is 1830. The molecule has 2 aromatic rings. The minimum atomic E-state index is -3.13. The van der Waals surface area contributed by atoms with Crippen molar-refractivity contribution in [2.24, 2.45) is 11.8 Å². The highest BCUT2D eigenvalue weighted by molar-refractivity contribution is 6.07. The molecule has 16 nitrogen and oxygen atoms in total. The molecule has 1 aromatic carbocycles. The Balaban J connectivity index is 1.43. The molecule has 1 aromatic heterocycles. The smallest absolute Gasteiger partial charge is 0.410 e. The van der Waals surface area contributed by atoms with Gasteiger partial charge < -0.3 is 44.3 Å². The summed E-state index contributed by atoms with van der Waals surface area (Å²) in [5, 5.41) is 20.0. The van der Waals surface area contributed by atoms with Crippen LogP contribution in [-0.2, 0) is 39.8 Å². The summed E-state index contributed by atoms with van der Waals surface area (Å²) in [7, 11) is 7.19. The molecule has 342 valence electrons. The molecule has 0 bridgehead atoms. The summed E-state index contributed by atoms with van der Waals surface area (Å²) in [6.45, 7) is 15.0. The number of carbonyl (C=O) groups excluding carboxylic acids is 3. The largest absolute Gasteiger partial charge is 0.455 e. The third-order valence-corrected chi connectivity index (χ3v) is 13.3. The third-order valence-electron chi connectivity index (χ3n) is 13.3. The topological polar surface area (TPSA) is 184 Å². The molecule has 3 N–H and O–H groups in total. The first-order valence-electron chi connectivity index (χ1n) is 21.7. The summed E-state index contributed by atoms with van der Waals surface area (Å²) < 4.78 is 49.8. The minimum absolute atomic E-state index is 0.101. The quantitative estimate of drug-likeness (QED) is 0.137. The van der Waals surface area contributed by atoms with Crippen LogP contribution < -0.4 is 5.73 Å². The van der Waals surface area contributed by atoms with E-state index in [4.69, 9.17) is 29.4 Å². The van der Waals surface area contributed by atoms with Gasteiger partial charge in [-0.1, -0.05) is 38.1 Å². The normalized spacial score (nSPS) is 37.2. The van der Waals surface area contributed by atoms with Crippen LogP contribution in [0, 0.1) is 11.8 Å². The number of unbranched alkanes of at least 4 members (excludes halogenated alkanes) is 1. The molecular formula is C44H70FN7O9. The number of carbonyl (C=O) groups is 3. The Morgan fingerprint density at radius 1 is 1.08 bits per heavy atom. The number of aliphatic hydroxyl groups excluding tert-OH is 1. The summed E-state index contributed by atoms with van der Waals surface area (Å²) in [6.07, 6.45) is -1.22. The van der Waals surface area contributed by atoms with E-state index in [1.807, 2.05) is 70.4 Å².